The van der Waals surface area contributed by atoms with Crippen LogP contribution in [0.2, 0.25) is 5.02 Å². The summed E-state index contributed by atoms with van der Waals surface area (Å²) in [7, 11) is -4.14. The average Bonchev–Trinajstić information content (AvgIpc) is 2.85. The van der Waals surface area contributed by atoms with Gasteiger partial charge in [0.05, 0.1) is 10.6 Å². The lowest BCUT2D eigenvalue weighted by molar-refractivity contribution is -0.140. The van der Waals surface area contributed by atoms with E-state index in [-0.39, 0.29) is 17.3 Å². The van der Waals surface area contributed by atoms with Crippen LogP contribution >= 0.6 is 11.6 Å². The minimum Gasteiger partial charge on any atom is -0.350 e. The van der Waals surface area contributed by atoms with E-state index < -0.39 is 34.1 Å². The van der Waals surface area contributed by atoms with Crippen molar-refractivity contribution in [3.8, 4) is 0 Å². The molecule has 3 aromatic rings. The van der Waals surface area contributed by atoms with E-state index in [1.165, 1.54) is 17.0 Å². The highest BCUT2D eigenvalue weighted by molar-refractivity contribution is 7.92. The Kier molecular flexibility index (Phi) is 9.46. The van der Waals surface area contributed by atoms with Gasteiger partial charge in [0.2, 0.25) is 11.8 Å². The Balaban J connectivity index is 2.06. The van der Waals surface area contributed by atoms with E-state index in [1.54, 1.807) is 44.2 Å². The summed E-state index contributed by atoms with van der Waals surface area (Å²) in [5.74, 6) is -0.845. The molecule has 3 aromatic carbocycles. The second-order valence-corrected chi connectivity index (χ2v) is 13.0. The van der Waals surface area contributed by atoms with Crippen LogP contribution in [0.5, 0.6) is 0 Å². The molecule has 0 spiro atoms. The summed E-state index contributed by atoms with van der Waals surface area (Å²) in [5.41, 5.74) is 2.15. The Morgan fingerprint density at radius 2 is 1.56 bits per heavy atom. The number of rotatable bonds is 9. The van der Waals surface area contributed by atoms with Crippen LogP contribution in [-0.2, 0) is 26.2 Å². The SMILES string of the molecule is Cc1ccc(S(=O)(=O)N(CC(=O)N(Cc2ccccc2)[C@H](C)C(=O)NC(C)(C)C)c2ccc(Cl)cc2C)cc1. The summed E-state index contributed by atoms with van der Waals surface area (Å²) in [6.07, 6.45) is 0. The number of amides is 2. The highest BCUT2D eigenvalue weighted by atomic mass is 35.5. The van der Waals surface area contributed by atoms with Crippen LogP contribution < -0.4 is 9.62 Å². The maximum absolute atomic E-state index is 14.0. The minimum absolute atomic E-state index is 0.0587. The zero-order chi connectivity index (χ0) is 29.0. The van der Waals surface area contributed by atoms with Gasteiger partial charge < -0.3 is 10.2 Å². The van der Waals surface area contributed by atoms with Crippen molar-refractivity contribution in [2.45, 2.75) is 64.6 Å². The quantitative estimate of drug-likeness (QED) is 0.369. The zero-order valence-electron chi connectivity index (χ0n) is 23.2. The lowest BCUT2D eigenvalue weighted by atomic mass is 10.1. The zero-order valence-corrected chi connectivity index (χ0v) is 24.8. The van der Waals surface area contributed by atoms with Gasteiger partial charge >= 0.3 is 0 Å². The first-order valence-corrected chi connectivity index (χ1v) is 14.5. The molecule has 1 N–H and O–H groups in total. The highest BCUT2D eigenvalue weighted by Crippen LogP contribution is 2.29. The predicted octanol–water partition coefficient (Wildman–Crippen LogP) is 5.48. The minimum atomic E-state index is -4.14. The number of hydrogen-bond acceptors (Lipinski definition) is 4. The third kappa shape index (κ3) is 7.83. The van der Waals surface area contributed by atoms with E-state index >= 15 is 0 Å². The first-order chi connectivity index (χ1) is 18.2. The number of aryl methyl sites for hydroxylation is 2. The number of anilines is 1. The molecule has 0 fully saturated rings. The van der Waals surface area contributed by atoms with Crippen molar-refractivity contribution in [2.75, 3.05) is 10.8 Å². The molecule has 0 aliphatic heterocycles. The summed E-state index contributed by atoms with van der Waals surface area (Å²) >= 11 is 6.16. The standard InChI is InChI=1S/C30H36ClN3O4S/c1-21-12-15-26(16-13-21)39(37,38)34(27-17-14-25(31)18-22(27)2)20-28(35)33(19-24-10-8-7-9-11-24)23(3)29(36)32-30(4,5)6/h7-18,23H,19-20H2,1-6H3,(H,32,36)/t23-/m1/s1. The van der Waals surface area contributed by atoms with Crippen LogP contribution in [0.4, 0.5) is 5.69 Å². The van der Waals surface area contributed by atoms with Crippen LogP contribution in [-0.4, -0.2) is 43.3 Å². The molecule has 0 saturated heterocycles. The van der Waals surface area contributed by atoms with Crippen LogP contribution in [0.15, 0.2) is 77.7 Å². The Morgan fingerprint density at radius 3 is 2.13 bits per heavy atom. The van der Waals surface area contributed by atoms with Gasteiger partial charge in [-0.2, -0.15) is 0 Å². The van der Waals surface area contributed by atoms with Crippen molar-refractivity contribution in [1.29, 1.82) is 0 Å². The van der Waals surface area contributed by atoms with E-state index in [0.29, 0.717) is 16.3 Å². The maximum atomic E-state index is 14.0. The molecule has 0 unspecified atom stereocenters. The first kappa shape index (κ1) is 30.2. The van der Waals surface area contributed by atoms with Crippen molar-refractivity contribution in [1.82, 2.24) is 10.2 Å². The largest absolute Gasteiger partial charge is 0.350 e. The van der Waals surface area contributed by atoms with Gasteiger partial charge in [-0.1, -0.05) is 59.6 Å². The third-order valence-corrected chi connectivity index (χ3v) is 8.19. The fraction of sp³-hybridized carbons (Fsp3) is 0.333. The van der Waals surface area contributed by atoms with E-state index in [4.69, 9.17) is 11.6 Å². The molecule has 0 bridgehead atoms. The van der Waals surface area contributed by atoms with E-state index in [0.717, 1.165) is 15.4 Å². The van der Waals surface area contributed by atoms with Gasteiger partial charge in [-0.3, -0.25) is 13.9 Å². The first-order valence-electron chi connectivity index (χ1n) is 12.7. The molecule has 7 nitrogen and oxygen atoms in total. The number of nitrogens with one attached hydrogen (secondary N) is 1. The topological polar surface area (TPSA) is 86.8 Å². The Morgan fingerprint density at radius 1 is 0.949 bits per heavy atom. The van der Waals surface area contributed by atoms with E-state index in [9.17, 15) is 18.0 Å². The van der Waals surface area contributed by atoms with Crippen molar-refractivity contribution in [2.24, 2.45) is 0 Å². The highest BCUT2D eigenvalue weighted by Gasteiger charge is 2.33. The second kappa shape index (κ2) is 12.2. The average molecular weight is 570 g/mol. The monoisotopic (exact) mass is 569 g/mol. The molecule has 0 aromatic heterocycles. The maximum Gasteiger partial charge on any atom is 0.264 e. The van der Waals surface area contributed by atoms with Crippen molar-refractivity contribution < 1.29 is 18.0 Å². The summed E-state index contributed by atoms with van der Waals surface area (Å²) in [5, 5.41) is 3.37. The molecule has 2 amide bonds. The number of nitrogens with zero attached hydrogens (tertiary/aromatic N) is 2. The van der Waals surface area contributed by atoms with Crippen molar-refractivity contribution in [3.63, 3.8) is 0 Å². The number of benzene rings is 3. The molecule has 39 heavy (non-hydrogen) atoms. The van der Waals surface area contributed by atoms with Gasteiger partial charge in [0.15, 0.2) is 0 Å². The van der Waals surface area contributed by atoms with Crippen LogP contribution in [0.3, 0.4) is 0 Å². The normalized spacial score (nSPS) is 12.5. The molecule has 0 radical (unpaired) electrons. The summed E-state index contributed by atoms with van der Waals surface area (Å²) in [4.78, 5) is 28.6. The molecule has 3 rings (SSSR count). The lowest BCUT2D eigenvalue weighted by Gasteiger charge is -2.33. The fourth-order valence-corrected chi connectivity index (χ4v) is 5.79. The molecular weight excluding hydrogens is 534 g/mol. The number of carbonyl (C=O) groups is 2. The number of sulfonamides is 1. The number of halogens is 1. The van der Waals surface area contributed by atoms with E-state index in [1.807, 2.05) is 58.0 Å². The lowest BCUT2D eigenvalue weighted by Crippen LogP contribution is -2.54. The van der Waals surface area contributed by atoms with Gasteiger partial charge in [0.1, 0.15) is 12.6 Å². The molecule has 1 atom stereocenters. The fourth-order valence-electron chi connectivity index (χ4n) is 4.09. The molecule has 0 aliphatic rings. The van der Waals surface area contributed by atoms with Crippen molar-refractivity contribution in [3.05, 3.63) is 94.5 Å². The van der Waals surface area contributed by atoms with Gasteiger partial charge in [0, 0.05) is 17.1 Å². The smallest absolute Gasteiger partial charge is 0.264 e. The third-order valence-electron chi connectivity index (χ3n) is 6.18. The number of hydrogen-bond donors (Lipinski definition) is 1. The Hall–Kier alpha value is -3.36. The van der Waals surface area contributed by atoms with Crippen LogP contribution in [0.1, 0.15) is 44.4 Å². The Labute approximate surface area is 236 Å². The molecule has 0 aliphatic carbocycles. The molecule has 9 heteroatoms. The Bertz CT molecular complexity index is 1420. The molecular formula is C30H36ClN3O4S. The molecule has 0 heterocycles. The predicted molar refractivity (Wildman–Crippen MR) is 156 cm³/mol. The van der Waals surface area contributed by atoms with Crippen LogP contribution in [0, 0.1) is 13.8 Å². The molecule has 208 valence electrons. The summed E-state index contributed by atoms with van der Waals surface area (Å²) in [6, 6.07) is 19.7. The summed E-state index contributed by atoms with van der Waals surface area (Å²) < 4.78 is 29.0. The molecule has 0 saturated carbocycles. The van der Waals surface area contributed by atoms with Crippen LogP contribution in [0.25, 0.3) is 0 Å². The van der Waals surface area contributed by atoms with Gasteiger partial charge in [-0.25, -0.2) is 8.42 Å². The van der Waals surface area contributed by atoms with Crippen molar-refractivity contribution >= 4 is 39.1 Å². The van der Waals surface area contributed by atoms with Gasteiger partial charge in [-0.05, 0) is 83.0 Å². The van der Waals surface area contributed by atoms with E-state index in [2.05, 4.69) is 5.32 Å². The van der Waals surface area contributed by atoms with Gasteiger partial charge in [0.25, 0.3) is 10.0 Å². The van der Waals surface area contributed by atoms with Gasteiger partial charge in [-0.15, -0.1) is 0 Å². The summed E-state index contributed by atoms with van der Waals surface area (Å²) in [6.45, 7) is 10.5. The number of carbonyl (C=O) groups excluding carboxylic acids is 2. The second-order valence-electron chi connectivity index (χ2n) is 10.7.